The molecule has 4 nitrogen and oxygen atoms in total. The molecule has 0 saturated heterocycles. The molecule has 21 heavy (non-hydrogen) atoms. The fourth-order valence-electron chi connectivity index (χ4n) is 2.99. The average Bonchev–Trinajstić information content (AvgIpc) is 2.52. The zero-order valence-electron chi connectivity index (χ0n) is 12.5. The molecule has 1 aliphatic rings. The quantitative estimate of drug-likeness (QED) is 0.850. The standard InChI is InChI=1S/C16H22ClNO3/c1-3-8-18(15(19)10-17)14-7-5-11-4-6-12(21-2)9-13(11)16(14)20/h4,6,9,14,16,20H,3,5,7-8,10H2,1-2H3/t14-,16-/m1/s1. The van der Waals surface area contributed by atoms with Crippen LogP contribution in [-0.2, 0) is 11.2 Å². The molecule has 0 bridgehead atoms. The summed E-state index contributed by atoms with van der Waals surface area (Å²) in [6, 6.07) is 5.54. The number of carbonyl (C=O) groups excluding carboxylic acids is 1. The minimum atomic E-state index is -0.692. The molecular weight excluding hydrogens is 290 g/mol. The Morgan fingerprint density at radius 2 is 2.29 bits per heavy atom. The van der Waals surface area contributed by atoms with Gasteiger partial charge < -0.3 is 14.7 Å². The summed E-state index contributed by atoms with van der Waals surface area (Å²) < 4.78 is 5.23. The summed E-state index contributed by atoms with van der Waals surface area (Å²) >= 11 is 5.70. The van der Waals surface area contributed by atoms with Crippen LogP contribution in [0.15, 0.2) is 18.2 Å². The Labute approximate surface area is 130 Å². The first-order valence-corrected chi connectivity index (χ1v) is 7.86. The van der Waals surface area contributed by atoms with Crippen molar-refractivity contribution in [1.29, 1.82) is 0 Å². The number of aryl methyl sites for hydroxylation is 1. The fraction of sp³-hybridized carbons (Fsp3) is 0.562. The monoisotopic (exact) mass is 311 g/mol. The minimum Gasteiger partial charge on any atom is -0.497 e. The number of nitrogens with zero attached hydrogens (tertiary/aromatic N) is 1. The van der Waals surface area contributed by atoms with Gasteiger partial charge in [0.05, 0.1) is 19.3 Å². The molecule has 1 N–H and O–H groups in total. The van der Waals surface area contributed by atoms with Crippen LogP contribution in [0.2, 0.25) is 0 Å². The third-order valence-electron chi connectivity index (χ3n) is 4.05. The molecule has 0 spiro atoms. The van der Waals surface area contributed by atoms with Crippen molar-refractivity contribution in [2.45, 2.75) is 38.3 Å². The molecule has 0 saturated carbocycles. The van der Waals surface area contributed by atoms with E-state index in [1.54, 1.807) is 12.0 Å². The van der Waals surface area contributed by atoms with Crippen molar-refractivity contribution in [3.8, 4) is 5.75 Å². The Bertz CT molecular complexity index is 506. The van der Waals surface area contributed by atoms with Crippen LogP contribution in [-0.4, -0.2) is 41.5 Å². The number of halogens is 1. The van der Waals surface area contributed by atoms with E-state index in [9.17, 15) is 9.90 Å². The molecule has 0 aliphatic heterocycles. The number of carbonyl (C=O) groups is 1. The van der Waals surface area contributed by atoms with E-state index in [1.165, 1.54) is 0 Å². The van der Waals surface area contributed by atoms with E-state index in [4.69, 9.17) is 16.3 Å². The van der Waals surface area contributed by atoms with Crippen molar-refractivity contribution < 1.29 is 14.6 Å². The van der Waals surface area contributed by atoms with Gasteiger partial charge >= 0.3 is 0 Å². The number of alkyl halides is 1. The molecule has 5 heteroatoms. The summed E-state index contributed by atoms with van der Waals surface area (Å²) in [6.45, 7) is 2.63. The molecular formula is C16H22ClNO3. The van der Waals surface area contributed by atoms with E-state index in [0.29, 0.717) is 6.54 Å². The highest BCUT2D eigenvalue weighted by atomic mass is 35.5. The van der Waals surface area contributed by atoms with E-state index in [2.05, 4.69) is 0 Å². The summed E-state index contributed by atoms with van der Waals surface area (Å²) in [6.07, 6.45) is 1.75. The number of ether oxygens (including phenoxy) is 1. The van der Waals surface area contributed by atoms with Gasteiger partial charge in [0.25, 0.3) is 0 Å². The predicted molar refractivity (Wildman–Crippen MR) is 82.8 cm³/mol. The van der Waals surface area contributed by atoms with Gasteiger partial charge in [0, 0.05) is 6.54 Å². The second-order valence-electron chi connectivity index (χ2n) is 5.34. The Kier molecular flexibility index (Phi) is 5.48. The van der Waals surface area contributed by atoms with Crippen molar-refractivity contribution in [1.82, 2.24) is 4.90 Å². The first-order chi connectivity index (χ1) is 10.1. The maximum Gasteiger partial charge on any atom is 0.237 e. The fourth-order valence-corrected chi connectivity index (χ4v) is 3.14. The van der Waals surface area contributed by atoms with Gasteiger partial charge in [0.1, 0.15) is 11.6 Å². The van der Waals surface area contributed by atoms with Crippen LogP contribution in [0.1, 0.15) is 37.0 Å². The molecule has 1 aromatic rings. The number of aliphatic hydroxyl groups is 1. The Balaban J connectivity index is 2.28. The third kappa shape index (κ3) is 3.33. The number of fused-ring (bicyclic) bond motifs is 1. The van der Waals surface area contributed by atoms with Gasteiger partial charge in [-0.25, -0.2) is 0 Å². The highest BCUT2D eigenvalue weighted by Gasteiger charge is 2.34. The largest absolute Gasteiger partial charge is 0.497 e. The summed E-state index contributed by atoms with van der Waals surface area (Å²) in [5.74, 6) is 0.557. The van der Waals surface area contributed by atoms with Crippen LogP contribution in [0, 0.1) is 0 Å². The van der Waals surface area contributed by atoms with Crippen LogP contribution >= 0.6 is 11.6 Å². The van der Waals surface area contributed by atoms with Gasteiger partial charge in [-0.15, -0.1) is 11.6 Å². The van der Waals surface area contributed by atoms with E-state index < -0.39 is 6.10 Å². The van der Waals surface area contributed by atoms with Crippen LogP contribution in [0.3, 0.4) is 0 Å². The second-order valence-corrected chi connectivity index (χ2v) is 5.60. The number of aliphatic hydroxyl groups excluding tert-OH is 1. The van der Waals surface area contributed by atoms with Crippen molar-refractivity contribution >= 4 is 17.5 Å². The van der Waals surface area contributed by atoms with Crippen molar-refractivity contribution in [3.05, 3.63) is 29.3 Å². The molecule has 1 aromatic carbocycles. The summed E-state index contributed by atoms with van der Waals surface area (Å²) in [4.78, 5) is 13.8. The van der Waals surface area contributed by atoms with Crippen LogP contribution in [0.4, 0.5) is 0 Å². The average molecular weight is 312 g/mol. The van der Waals surface area contributed by atoms with Gasteiger partial charge in [-0.05, 0) is 42.5 Å². The molecule has 0 fully saturated rings. The lowest BCUT2D eigenvalue weighted by atomic mass is 9.84. The molecule has 116 valence electrons. The maximum atomic E-state index is 12.0. The molecule has 1 aliphatic carbocycles. The first-order valence-electron chi connectivity index (χ1n) is 7.32. The third-order valence-corrected chi connectivity index (χ3v) is 4.27. The second kappa shape index (κ2) is 7.14. The van der Waals surface area contributed by atoms with E-state index >= 15 is 0 Å². The Morgan fingerprint density at radius 1 is 1.52 bits per heavy atom. The molecule has 2 atom stereocenters. The summed E-state index contributed by atoms with van der Waals surface area (Å²) in [5, 5.41) is 10.7. The van der Waals surface area contributed by atoms with Crippen LogP contribution in [0.5, 0.6) is 5.75 Å². The highest BCUT2D eigenvalue weighted by molar-refractivity contribution is 6.27. The van der Waals surface area contributed by atoms with Gasteiger partial charge in [-0.2, -0.15) is 0 Å². The van der Waals surface area contributed by atoms with Crippen molar-refractivity contribution in [3.63, 3.8) is 0 Å². The van der Waals surface area contributed by atoms with Gasteiger partial charge in [-0.1, -0.05) is 13.0 Å². The normalized spacial score (nSPS) is 20.8. The highest BCUT2D eigenvalue weighted by Crippen LogP contribution is 2.35. The number of methoxy groups -OCH3 is 1. The molecule has 0 aromatic heterocycles. The lowest BCUT2D eigenvalue weighted by Gasteiger charge is -2.38. The Morgan fingerprint density at radius 3 is 2.90 bits per heavy atom. The molecule has 1 amide bonds. The number of benzene rings is 1. The van der Waals surface area contributed by atoms with E-state index in [-0.39, 0.29) is 17.8 Å². The number of hydrogen-bond acceptors (Lipinski definition) is 3. The van der Waals surface area contributed by atoms with Gasteiger partial charge in [0.15, 0.2) is 0 Å². The van der Waals surface area contributed by atoms with Gasteiger partial charge in [-0.3, -0.25) is 4.79 Å². The molecule has 0 radical (unpaired) electrons. The molecule has 2 rings (SSSR count). The SMILES string of the molecule is CCCN(C(=O)CCl)[C@@H]1CCc2ccc(OC)cc2[C@H]1O. The van der Waals surface area contributed by atoms with E-state index in [0.717, 1.165) is 36.1 Å². The van der Waals surface area contributed by atoms with Crippen LogP contribution in [0.25, 0.3) is 0 Å². The molecule has 0 heterocycles. The Hall–Kier alpha value is -1.26. The zero-order chi connectivity index (χ0) is 15.4. The predicted octanol–water partition coefficient (Wildman–Crippen LogP) is 2.52. The molecule has 0 unspecified atom stereocenters. The lowest BCUT2D eigenvalue weighted by Crippen LogP contribution is -2.46. The first kappa shape index (κ1) is 16.1. The topological polar surface area (TPSA) is 49.8 Å². The smallest absolute Gasteiger partial charge is 0.237 e. The number of rotatable bonds is 5. The van der Waals surface area contributed by atoms with Crippen LogP contribution < -0.4 is 4.74 Å². The maximum absolute atomic E-state index is 12.0. The minimum absolute atomic E-state index is 0.0474. The van der Waals surface area contributed by atoms with Gasteiger partial charge in [0.2, 0.25) is 5.91 Å². The van der Waals surface area contributed by atoms with Crippen molar-refractivity contribution in [2.75, 3.05) is 19.5 Å². The van der Waals surface area contributed by atoms with E-state index in [1.807, 2.05) is 25.1 Å². The number of amides is 1. The lowest BCUT2D eigenvalue weighted by molar-refractivity contribution is -0.134. The zero-order valence-corrected chi connectivity index (χ0v) is 13.3. The summed E-state index contributed by atoms with van der Waals surface area (Å²) in [7, 11) is 1.61. The summed E-state index contributed by atoms with van der Waals surface area (Å²) in [5.41, 5.74) is 1.98. The number of hydrogen-bond donors (Lipinski definition) is 1. The van der Waals surface area contributed by atoms with Crippen molar-refractivity contribution in [2.24, 2.45) is 0 Å².